The molecule has 0 fully saturated rings. The van der Waals surface area contributed by atoms with Crippen molar-refractivity contribution in [3.63, 3.8) is 0 Å². The largest absolute Gasteiger partial charge is 0.478 e. The maximum absolute atomic E-state index is 12.2. The number of nitrogens with one attached hydrogen (secondary N) is 1. The van der Waals surface area contributed by atoms with Crippen molar-refractivity contribution in [3.8, 4) is 0 Å². The predicted octanol–water partition coefficient (Wildman–Crippen LogP) is 4.71. The fraction of sp³-hybridized carbons (Fsp3) is 0. The van der Waals surface area contributed by atoms with Crippen LogP contribution in [0.4, 0.5) is 5.69 Å². The molecule has 2 aromatic carbocycles. The molecule has 1 amide bonds. The van der Waals surface area contributed by atoms with Crippen LogP contribution in [0.3, 0.4) is 0 Å². The van der Waals surface area contributed by atoms with E-state index < -0.39 is 11.9 Å². The Balaban J connectivity index is 2.42. The van der Waals surface area contributed by atoms with Crippen molar-refractivity contribution >= 4 is 56.7 Å². The van der Waals surface area contributed by atoms with Gasteiger partial charge in [0.15, 0.2) is 0 Å². The highest BCUT2D eigenvalue weighted by atomic mass is 79.9. The van der Waals surface area contributed by atoms with Crippen LogP contribution in [-0.2, 0) is 0 Å². The Morgan fingerprint density at radius 1 is 1.10 bits per heavy atom. The zero-order valence-corrected chi connectivity index (χ0v) is 13.5. The molecule has 0 radical (unpaired) electrons. The van der Waals surface area contributed by atoms with Crippen molar-refractivity contribution in [1.29, 1.82) is 0 Å². The molecular weight excluding hydrogens is 381 g/mol. The van der Waals surface area contributed by atoms with E-state index in [0.717, 1.165) is 4.47 Å². The number of carbonyl (C=O) groups excluding carboxylic acids is 1. The van der Waals surface area contributed by atoms with Crippen LogP contribution in [0.5, 0.6) is 0 Å². The summed E-state index contributed by atoms with van der Waals surface area (Å²) in [6, 6.07) is 9.45. The standard InChI is InChI=1S/C14H8BrCl2NO3/c15-8-3-1-2-7(6-8)13(19)18-12-10(17)5-4-9(16)11(12)14(20)21/h1-6H,(H,18,19)(H,20,21). The van der Waals surface area contributed by atoms with Gasteiger partial charge in [-0.25, -0.2) is 4.79 Å². The average Bonchev–Trinajstić information content (AvgIpc) is 2.42. The zero-order chi connectivity index (χ0) is 15.6. The van der Waals surface area contributed by atoms with Gasteiger partial charge in [0.2, 0.25) is 0 Å². The zero-order valence-electron chi connectivity index (χ0n) is 10.4. The van der Waals surface area contributed by atoms with E-state index in [4.69, 9.17) is 23.2 Å². The van der Waals surface area contributed by atoms with E-state index in [0.29, 0.717) is 5.56 Å². The van der Waals surface area contributed by atoms with Crippen LogP contribution in [-0.4, -0.2) is 17.0 Å². The summed E-state index contributed by atoms with van der Waals surface area (Å²) in [4.78, 5) is 23.4. The molecule has 0 aliphatic rings. The Kier molecular flexibility index (Phi) is 4.88. The third kappa shape index (κ3) is 3.56. The van der Waals surface area contributed by atoms with Crippen LogP contribution < -0.4 is 5.32 Å². The molecular formula is C14H8BrCl2NO3. The first-order valence-corrected chi connectivity index (χ1v) is 7.23. The molecule has 0 aromatic heterocycles. The van der Waals surface area contributed by atoms with Crippen molar-refractivity contribution < 1.29 is 14.7 Å². The van der Waals surface area contributed by atoms with Gasteiger partial charge in [0, 0.05) is 10.0 Å². The number of carboxylic acid groups (broad SMARTS) is 1. The quantitative estimate of drug-likeness (QED) is 0.800. The van der Waals surface area contributed by atoms with E-state index in [1.54, 1.807) is 24.3 Å². The summed E-state index contributed by atoms with van der Waals surface area (Å²) in [7, 11) is 0. The molecule has 21 heavy (non-hydrogen) atoms. The summed E-state index contributed by atoms with van der Waals surface area (Å²) in [5.74, 6) is -1.75. The second kappa shape index (κ2) is 6.47. The van der Waals surface area contributed by atoms with Crippen molar-refractivity contribution in [2.45, 2.75) is 0 Å². The van der Waals surface area contributed by atoms with Gasteiger partial charge < -0.3 is 10.4 Å². The van der Waals surface area contributed by atoms with Crippen molar-refractivity contribution in [3.05, 3.63) is 62.0 Å². The summed E-state index contributed by atoms with van der Waals surface area (Å²) in [5.41, 5.74) is 0.0888. The van der Waals surface area contributed by atoms with E-state index in [1.165, 1.54) is 12.1 Å². The third-order valence-electron chi connectivity index (χ3n) is 2.64. The number of carboxylic acids is 1. The van der Waals surface area contributed by atoms with Gasteiger partial charge in [-0.3, -0.25) is 4.79 Å². The van der Waals surface area contributed by atoms with E-state index in [9.17, 15) is 14.7 Å². The Bertz CT molecular complexity index is 734. The van der Waals surface area contributed by atoms with Gasteiger partial charge >= 0.3 is 5.97 Å². The molecule has 0 atom stereocenters. The van der Waals surface area contributed by atoms with Crippen LogP contribution in [0.15, 0.2) is 40.9 Å². The lowest BCUT2D eigenvalue weighted by atomic mass is 10.1. The van der Waals surface area contributed by atoms with Crippen LogP contribution >= 0.6 is 39.1 Å². The number of rotatable bonds is 3. The second-order valence-corrected chi connectivity index (χ2v) is 5.78. The highest BCUT2D eigenvalue weighted by molar-refractivity contribution is 9.10. The maximum atomic E-state index is 12.2. The third-order valence-corrected chi connectivity index (χ3v) is 3.77. The van der Waals surface area contributed by atoms with Crippen LogP contribution in [0, 0.1) is 0 Å². The van der Waals surface area contributed by atoms with E-state index in [-0.39, 0.29) is 21.3 Å². The van der Waals surface area contributed by atoms with E-state index >= 15 is 0 Å². The number of carbonyl (C=O) groups is 2. The van der Waals surface area contributed by atoms with Crippen molar-refractivity contribution in [2.24, 2.45) is 0 Å². The first-order valence-electron chi connectivity index (χ1n) is 5.68. The van der Waals surface area contributed by atoms with Crippen molar-refractivity contribution in [1.82, 2.24) is 0 Å². The van der Waals surface area contributed by atoms with Gasteiger partial charge in [0.25, 0.3) is 5.91 Å². The summed E-state index contributed by atoms with van der Waals surface area (Å²) in [6.45, 7) is 0. The number of halogens is 3. The minimum absolute atomic E-state index is 0.00329. The average molecular weight is 389 g/mol. The minimum atomic E-state index is -1.27. The van der Waals surface area contributed by atoms with E-state index in [2.05, 4.69) is 21.2 Å². The molecule has 4 nitrogen and oxygen atoms in total. The SMILES string of the molecule is O=C(Nc1c(Cl)ccc(Cl)c1C(=O)O)c1cccc(Br)c1. The Hall–Kier alpha value is -1.56. The molecule has 0 saturated carbocycles. The molecule has 7 heteroatoms. The molecule has 2 N–H and O–H groups in total. The van der Waals surface area contributed by atoms with Gasteiger partial charge in [0.1, 0.15) is 5.56 Å². The molecule has 0 bridgehead atoms. The Morgan fingerprint density at radius 3 is 2.38 bits per heavy atom. The summed E-state index contributed by atoms with van der Waals surface area (Å²) < 4.78 is 0.728. The lowest BCUT2D eigenvalue weighted by Crippen LogP contribution is -2.15. The number of anilines is 1. The second-order valence-electron chi connectivity index (χ2n) is 4.05. The number of aromatic carboxylic acids is 1. The molecule has 0 aliphatic carbocycles. The minimum Gasteiger partial charge on any atom is -0.478 e. The molecule has 0 aliphatic heterocycles. The Morgan fingerprint density at radius 2 is 1.76 bits per heavy atom. The summed E-state index contributed by atoms with van der Waals surface area (Å²) in [5, 5.41) is 11.8. The van der Waals surface area contributed by atoms with Crippen LogP contribution in [0.1, 0.15) is 20.7 Å². The molecule has 0 unspecified atom stereocenters. The number of benzene rings is 2. The van der Waals surface area contributed by atoms with Gasteiger partial charge in [-0.2, -0.15) is 0 Å². The molecule has 2 aromatic rings. The summed E-state index contributed by atoms with van der Waals surface area (Å²) in [6.07, 6.45) is 0. The van der Waals surface area contributed by atoms with Gasteiger partial charge in [-0.15, -0.1) is 0 Å². The van der Waals surface area contributed by atoms with Gasteiger partial charge in [-0.05, 0) is 30.3 Å². The first kappa shape index (κ1) is 15.8. The highest BCUT2D eigenvalue weighted by Crippen LogP contribution is 2.32. The number of amides is 1. The molecule has 108 valence electrons. The normalized spacial score (nSPS) is 10.2. The molecule has 0 saturated heterocycles. The topological polar surface area (TPSA) is 66.4 Å². The summed E-state index contributed by atoms with van der Waals surface area (Å²) >= 11 is 15.1. The lowest BCUT2D eigenvalue weighted by molar-refractivity contribution is 0.0698. The fourth-order valence-corrected chi connectivity index (χ4v) is 2.54. The predicted molar refractivity (Wildman–Crippen MR) is 85.5 cm³/mol. The molecule has 0 heterocycles. The van der Waals surface area contributed by atoms with Crippen molar-refractivity contribution in [2.75, 3.05) is 5.32 Å². The van der Waals surface area contributed by atoms with E-state index in [1.807, 2.05) is 0 Å². The Labute approximate surface area is 138 Å². The highest BCUT2D eigenvalue weighted by Gasteiger charge is 2.20. The van der Waals surface area contributed by atoms with Gasteiger partial charge in [-0.1, -0.05) is 45.2 Å². The lowest BCUT2D eigenvalue weighted by Gasteiger charge is -2.12. The molecule has 2 rings (SSSR count). The van der Waals surface area contributed by atoms with Gasteiger partial charge in [0.05, 0.1) is 15.7 Å². The monoisotopic (exact) mass is 387 g/mol. The number of hydrogen-bond donors (Lipinski definition) is 2. The first-order chi connectivity index (χ1) is 9.90. The molecule has 0 spiro atoms. The van der Waals surface area contributed by atoms with Crippen LogP contribution in [0.2, 0.25) is 10.0 Å². The number of hydrogen-bond acceptors (Lipinski definition) is 2. The maximum Gasteiger partial charge on any atom is 0.339 e. The van der Waals surface area contributed by atoms with Crippen LogP contribution in [0.25, 0.3) is 0 Å². The fourth-order valence-electron chi connectivity index (χ4n) is 1.70. The smallest absolute Gasteiger partial charge is 0.339 e.